The molecule has 0 atom stereocenters. The first-order chi connectivity index (χ1) is 46.1. The minimum Gasteiger partial charge on any atom is -0.311 e. The normalized spacial score (nSPS) is 12.8. The second-order valence-corrected chi connectivity index (χ2v) is 25.2. The molecule has 0 N–H and O–H groups in total. The minimum atomic E-state index is -0.310. The minimum absolute atomic E-state index is 0.151. The number of halogens is 1. The summed E-state index contributed by atoms with van der Waals surface area (Å²) in [4.78, 5) is 14.2. The maximum absolute atomic E-state index is 17.8. The zero-order chi connectivity index (χ0) is 61.5. The van der Waals surface area contributed by atoms with Gasteiger partial charge in [-0.25, -0.2) is 4.39 Å². The second kappa shape index (κ2) is 22.5. The van der Waals surface area contributed by atoms with Crippen molar-refractivity contribution in [2.24, 2.45) is 0 Å². The summed E-state index contributed by atoms with van der Waals surface area (Å²) in [6.45, 7) is -0.413. The molecule has 0 saturated heterocycles. The van der Waals surface area contributed by atoms with E-state index in [9.17, 15) is 0 Å². The van der Waals surface area contributed by atoms with E-state index in [0.717, 1.165) is 118 Å². The van der Waals surface area contributed by atoms with E-state index in [1.54, 1.807) is 12.1 Å². The van der Waals surface area contributed by atoms with Gasteiger partial charge in [-0.2, -0.15) is 0 Å². The highest BCUT2D eigenvalue weighted by atomic mass is 32.2. The predicted molar refractivity (Wildman–Crippen MR) is 391 cm³/mol. The molecule has 4 heterocycles. The standard InChI is InChI=1S/C84H56B2FN5S/c87-73-42-21-24-45-76(73)92-77-56-81-72(86-70-41-20-23-44-75(70)91(64-37-17-6-18-38-64)80-53-68(54-82(93-81)84(80)86)88(61-31-11-3-12-32-61)62-33-13-4-14-34-62)55-71(77)85-69-40-19-22-43-74(69)90(63-35-15-5-16-36-63)78-51-67(52-79(92)83(78)85)89(65-48-46-59(47-49-65)57-26-7-1-8-27-57)66-39-25-30-60(50-66)58-28-9-2-10-29-58/h1-56H. The van der Waals surface area contributed by atoms with Gasteiger partial charge in [0.1, 0.15) is 5.82 Å². The Morgan fingerprint density at radius 2 is 0.667 bits per heavy atom. The molecular formula is C84H56B2FN5S. The predicted octanol–water partition coefficient (Wildman–Crippen LogP) is 18.9. The molecule has 5 nitrogen and oxygen atoms in total. The van der Waals surface area contributed by atoms with Gasteiger partial charge in [0, 0.05) is 83.7 Å². The summed E-state index contributed by atoms with van der Waals surface area (Å²) >= 11 is 1.82. The second-order valence-electron chi connectivity index (χ2n) is 24.1. The highest BCUT2D eigenvalue weighted by molar-refractivity contribution is 8.00. The van der Waals surface area contributed by atoms with E-state index in [0.29, 0.717) is 5.69 Å². The summed E-state index contributed by atoms with van der Waals surface area (Å²) in [5, 5.41) is 0. The highest BCUT2D eigenvalue weighted by Gasteiger charge is 2.48. The number of hydrogen-bond donors (Lipinski definition) is 0. The quantitative estimate of drug-likeness (QED) is 0.119. The van der Waals surface area contributed by atoms with Crippen LogP contribution in [0.25, 0.3) is 22.3 Å². The maximum Gasteiger partial charge on any atom is 0.252 e. The molecule has 14 aromatic rings. The van der Waals surface area contributed by atoms with E-state index in [-0.39, 0.29) is 19.2 Å². The van der Waals surface area contributed by atoms with Gasteiger partial charge in [0.25, 0.3) is 6.71 Å². The molecule has 18 rings (SSSR count). The van der Waals surface area contributed by atoms with E-state index >= 15 is 4.39 Å². The van der Waals surface area contributed by atoms with Crippen molar-refractivity contribution < 1.29 is 4.39 Å². The lowest BCUT2D eigenvalue weighted by Crippen LogP contribution is -2.64. The molecule has 0 radical (unpaired) electrons. The van der Waals surface area contributed by atoms with Gasteiger partial charge in [-0.1, -0.05) is 230 Å². The Balaban J connectivity index is 0.908. The van der Waals surface area contributed by atoms with Crippen LogP contribution in [0.15, 0.2) is 350 Å². The van der Waals surface area contributed by atoms with Crippen LogP contribution in [0.3, 0.4) is 0 Å². The van der Waals surface area contributed by atoms with Crippen LogP contribution >= 0.6 is 11.8 Å². The fraction of sp³-hybridized carbons (Fsp3) is 0. The lowest BCUT2D eigenvalue weighted by atomic mass is 9.31. The third-order valence-corrected chi connectivity index (χ3v) is 20.0. The fourth-order valence-corrected chi connectivity index (χ4v) is 16.1. The highest BCUT2D eigenvalue weighted by Crippen LogP contribution is 2.52. The molecule has 14 aromatic carbocycles. The van der Waals surface area contributed by atoms with Gasteiger partial charge in [0.05, 0.1) is 11.4 Å². The van der Waals surface area contributed by atoms with Crippen LogP contribution < -0.4 is 57.3 Å². The zero-order valence-corrected chi connectivity index (χ0v) is 51.3. The average Bonchev–Trinajstić information content (AvgIpc) is 0.691. The van der Waals surface area contributed by atoms with Gasteiger partial charge in [-0.05, 0) is 177 Å². The molecule has 0 saturated carbocycles. The average molecular weight is 1210 g/mol. The van der Waals surface area contributed by atoms with Crippen molar-refractivity contribution in [3.63, 3.8) is 0 Å². The molecule has 0 bridgehead atoms. The van der Waals surface area contributed by atoms with Gasteiger partial charge < -0.3 is 24.5 Å². The molecule has 4 aliphatic heterocycles. The molecular weight excluding hydrogens is 1150 g/mol. The largest absolute Gasteiger partial charge is 0.311 e. The van der Waals surface area contributed by atoms with Gasteiger partial charge in [-0.3, -0.25) is 0 Å². The van der Waals surface area contributed by atoms with Crippen molar-refractivity contribution in [2.75, 3.05) is 24.5 Å². The third kappa shape index (κ3) is 9.10. The molecule has 93 heavy (non-hydrogen) atoms. The first-order valence-corrected chi connectivity index (χ1v) is 32.6. The number of hydrogen-bond acceptors (Lipinski definition) is 6. The molecule has 0 spiro atoms. The monoisotopic (exact) mass is 1210 g/mol. The Hall–Kier alpha value is -11.5. The van der Waals surface area contributed by atoms with Crippen molar-refractivity contribution in [1.82, 2.24) is 0 Å². The number of nitrogens with zero attached hydrogens (tertiary/aromatic N) is 5. The van der Waals surface area contributed by atoms with Crippen LogP contribution in [0.4, 0.5) is 89.7 Å². The van der Waals surface area contributed by atoms with E-state index in [1.165, 1.54) is 26.7 Å². The molecule has 436 valence electrons. The summed E-state index contributed by atoms with van der Waals surface area (Å²) in [7, 11) is 0. The maximum atomic E-state index is 17.8. The SMILES string of the molecule is Fc1ccccc1N1c2cc3c(cc2B2c4ccccc4N(c4ccccc4)c4cc(N(c5ccc(-c6ccccc6)cc5)c5cccc(-c6ccccc6)c5)cc1c42)B1c2ccccc2N(c2ccccc2)c2cc(N(c4ccccc4)c4ccccc4)cc(c21)S3. The van der Waals surface area contributed by atoms with Gasteiger partial charge >= 0.3 is 0 Å². The van der Waals surface area contributed by atoms with E-state index in [4.69, 9.17) is 0 Å². The molecule has 0 unspecified atom stereocenters. The van der Waals surface area contributed by atoms with Crippen molar-refractivity contribution in [2.45, 2.75) is 9.79 Å². The Morgan fingerprint density at radius 1 is 0.247 bits per heavy atom. The van der Waals surface area contributed by atoms with Crippen LogP contribution in [0, 0.1) is 5.82 Å². The molecule has 4 aliphatic rings. The molecule has 0 aromatic heterocycles. The smallest absolute Gasteiger partial charge is 0.252 e. The van der Waals surface area contributed by atoms with Gasteiger partial charge in [-0.15, -0.1) is 0 Å². The Labute approximate surface area is 546 Å². The first-order valence-electron chi connectivity index (χ1n) is 31.7. The summed E-state index contributed by atoms with van der Waals surface area (Å²) in [6.07, 6.45) is 0. The molecule has 9 heteroatoms. The van der Waals surface area contributed by atoms with Crippen molar-refractivity contribution in [3.8, 4) is 22.3 Å². The van der Waals surface area contributed by atoms with E-state index in [2.05, 4.69) is 340 Å². The Bertz CT molecular complexity index is 5140. The van der Waals surface area contributed by atoms with Crippen LogP contribution in [0.1, 0.15) is 0 Å². The molecule has 0 fully saturated rings. The number of rotatable bonds is 11. The van der Waals surface area contributed by atoms with E-state index < -0.39 is 0 Å². The summed E-state index contributed by atoms with van der Waals surface area (Å²) in [5.74, 6) is -0.310. The number of anilines is 15. The summed E-state index contributed by atoms with van der Waals surface area (Å²) < 4.78 is 17.8. The third-order valence-electron chi connectivity index (χ3n) is 18.9. The number of fused-ring (bicyclic) bond motifs is 8. The van der Waals surface area contributed by atoms with Crippen LogP contribution in [-0.2, 0) is 0 Å². The zero-order valence-electron chi connectivity index (χ0n) is 50.5. The number of para-hydroxylation sites is 7. The van der Waals surface area contributed by atoms with Crippen LogP contribution in [-0.4, -0.2) is 13.4 Å². The van der Waals surface area contributed by atoms with Crippen LogP contribution in [0.2, 0.25) is 0 Å². The van der Waals surface area contributed by atoms with Crippen molar-refractivity contribution >= 4 is 143 Å². The van der Waals surface area contributed by atoms with Crippen molar-refractivity contribution in [1.29, 1.82) is 0 Å². The topological polar surface area (TPSA) is 16.2 Å². The Kier molecular flexibility index (Phi) is 13.1. The lowest BCUT2D eigenvalue weighted by molar-refractivity contribution is 0.629. The molecule has 0 aliphatic carbocycles. The van der Waals surface area contributed by atoms with Gasteiger partial charge in [0.2, 0.25) is 6.71 Å². The number of benzene rings is 14. The fourth-order valence-electron chi connectivity index (χ4n) is 14.9. The summed E-state index contributed by atoms with van der Waals surface area (Å²) in [6, 6.07) is 122. The van der Waals surface area contributed by atoms with Crippen molar-refractivity contribution in [3.05, 3.63) is 346 Å². The van der Waals surface area contributed by atoms with E-state index in [1.807, 2.05) is 23.9 Å². The lowest BCUT2D eigenvalue weighted by Gasteiger charge is -2.46. The summed E-state index contributed by atoms with van der Waals surface area (Å²) in [5.41, 5.74) is 26.5. The Morgan fingerprint density at radius 3 is 1.25 bits per heavy atom. The van der Waals surface area contributed by atoms with Gasteiger partial charge in [0.15, 0.2) is 0 Å². The first kappa shape index (κ1) is 54.4. The molecule has 0 amide bonds. The van der Waals surface area contributed by atoms with Crippen LogP contribution in [0.5, 0.6) is 0 Å².